The molecule has 11 heteroatoms. The third kappa shape index (κ3) is 8.91. The monoisotopic (exact) mass is 730 g/mol. The van der Waals surface area contributed by atoms with Crippen molar-refractivity contribution < 1.29 is 28.4 Å². The largest absolute Gasteiger partial charge is 0.397 e. The van der Waals surface area contributed by atoms with E-state index in [1.807, 2.05) is 50.2 Å². The number of amides is 4. The maximum absolute atomic E-state index is 13.7. The van der Waals surface area contributed by atoms with Crippen LogP contribution in [-0.4, -0.2) is 78.9 Å². The van der Waals surface area contributed by atoms with Crippen LogP contribution in [0.25, 0.3) is 0 Å². The minimum absolute atomic E-state index is 0.152. The number of carbonyl (C=O) groups excluding carboxylic acids is 5. The molecule has 0 unspecified atom stereocenters. The predicted molar refractivity (Wildman–Crippen MR) is 206 cm³/mol. The van der Waals surface area contributed by atoms with Gasteiger partial charge < -0.3 is 25.3 Å². The molecule has 3 N–H and O–H groups in total. The third-order valence-corrected chi connectivity index (χ3v) is 15.7. The Morgan fingerprint density at radius 2 is 1.56 bits per heavy atom. The van der Waals surface area contributed by atoms with Gasteiger partial charge in [-0.05, 0) is 79.8 Å². The van der Waals surface area contributed by atoms with Gasteiger partial charge >= 0.3 is 0 Å². The molecule has 2 aromatic carbocycles. The number of fused-ring (bicyclic) bond motifs is 1. The van der Waals surface area contributed by atoms with Gasteiger partial charge in [-0.3, -0.25) is 24.0 Å². The number of hydrogen-bond acceptors (Lipinski definition) is 6. The maximum atomic E-state index is 13.7. The van der Waals surface area contributed by atoms with E-state index in [-0.39, 0.29) is 41.4 Å². The van der Waals surface area contributed by atoms with E-state index in [4.69, 9.17) is 4.43 Å². The van der Waals surface area contributed by atoms with E-state index in [1.165, 1.54) is 0 Å². The molecule has 0 radical (unpaired) electrons. The number of allylic oxidation sites excluding steroid dienone is 1. The first kappa shape index (κ1) is 40.7. The lowest BCUT2D eigenvalue weighted by atomic mass is 9.93. The summed E-state index contributed by atoms with van der Waals surface area (Å²) >= 11 is 0. The molecule has 282 valence electrons. The molecule has 0 aromatic heterocycles. The normalized spacial score (nSPS) is 24.1. The quantitative estimate of drug-likeness (QED) is 0.171. The van der Waals surface area contributed by atoms with Crippen LogP contribution in [0.3, 0.4) is 0 Å². The second-order valence-electron chi connectivity index (χ2n) is 15.8. The number of rotatable bonds is 12. The van der Waals surface area contributed by atoms with Crippen molar-refractivity contribution in [1.82, 2.24) is 20.9 Å². The fraction of sp³-hybridized carbons (Fsp3) is 0.537. The zero-order valence-electron chi connectivity index (χ0n) is 32.2. The van der Waals surface area contributed by atoms with E-state index in [9.17, 15) is 24.0 Å². The van der Waals surface area contributed by atoms with E-state index in [0.717, 1.165) is 10.4 Å². The maximum Gasteiger partial charge on any atom is 0.262 e. The molecule has 4 amide bonds. The molecule has 0 spiro atoms. The molecule has 52 heavy (non-hydrogen) atoms. The molecule has 0 saturated carbocycles. The van der Waals surface area contributed by atoms with Gasteiger partial charge in [-0.2, -0.15) is 0 Å². The summed E-state index contributed by atoms with van der Waals surface area (Å²) in [6.07, 6.45) is 5.31. The van der Waals surface area contributed by atoms with Crippen LogP contribution in [0, 0.1) is 5.92 Å². The molecular weight excluding hydrogens is 673 g/mol. The van der Waals surface area contributed by atoms with Crippen LogP contribution in [0.2, 0.25) is 5.04 Å². The number of ketones is 1. The first-order valence-electron chi connectivity index (χ1n) is 18.8. The van der Waals surface area contributed by atoms with Gasteiger partial charge in [0.2, 0.25) is 23.6 Å². The Bertz CT molecular complexity index is 1570. The third-order valence-electron chi connectivity index (χ3n) is 10.6. The van der Waals surface area contributed by atoms with Crippen molar-refractivity contribution >= 4 is 48.1 Å². The van der Waals surface area contributed by atoms with Crippen molar-refractivity contribution in [3.8, 4) is 0 Å². The van der Waals surface area contributed by atoms with Gasteiger partial charge in [-0.25, -0.2) is 0 Å². The minimum atomic E-state index is -2.93. The zero-order chi connectivity index (χ0) is 38.3. The van der Waals surface area contributed by atoms with Gasteiger partial charge in [0.1, 0.15) is 29.8 Å². The summed E-state index contributed by atoms with van der Waals surface area (Å²) in [5, 5.41) is 10.6. The van der Waals surface area contributed by atoms with Gasteiger partial charge in [0.25, 0.3) is 8.32 Å². The summed E-state index contributed by atoms with van der Waals surface area (Å²) in [5.74, 6) is -1.92. The van der Waals surface area contributed by atoms with E-state index < -0.39 is 49.9 Å². The van der Waals surface area contributed by atoms with Crippen molar-refractivity contribution in [3.63, 3.8) is 0 Å². The minimum Gasteiger partial charge on any atom is -0.397 e. The van der Waals surface area contributed by atoms with E-state index in [1.54, 1.807) is 37.8 Å². The highest BCUT2D eigenvalue weighted by molar-refractivity contribution is 6.99. The van der Waals surface area contributed by atoms with Crippen LogP contribution >= 0.6 is 0 Å². The van der Waals surface area contributed by atoms with Gasteiger partial charge in [-0.15, -0.1) is 0 Å². The highest BCUT2D eigenvalue weighted by atomic mass is 28.4. The highest BCUT2D eigenvalue weighted by Crippen LogP contribution is 2.37. The van der Waals surface area contributed by atoms with Gasteiger partial charge in [0.05, 0.1) is 0 Å². The molecule has 2 fully saturated rings. The Kier molecular flexibility index (Phi) is 13.4. The van der Waals surface area contributed by atoms with Crippen LogP contribution in [0.4, 0.5) is 0 Å². The molecule has 2 aliphatic heterocycles. The van der Waals surface area contributed by atoms with Crippen LogP contribution < -0.4 is 26.3 Å². The van der Waals surface area contributed by atoms with Crippen molar-refractivity contribution in [1.29, 1.82) is 0 Å². The van der Waals surface area contributed by atoms with Crippen molar-refractivity contribution in [3.05, 3.63) is 72.8 Å². The van der Waals surface area contributed by atoms with Crippen molar-refractivity contribution in [2.45, 2.75) is 129 Å². The van der Waals surface area contributed by atoms with E-state index in [0.29, 0.717) is 32.2 Å². The number of nitrogens with one attached hydrogen (secondary N) is 3. The summed E-state index contributed by atoms with van der Waals surface area (Å²) in [6.45, 7) is 15.9. The molecule has 2 aliphatic rings. The summed E-state index contributed by atoms with van der Waals surface area (Å²) in [5.41, 5.74) is -1.29. The smallest absolute Gasteiger partial charge is 0.262 e. The lowest BCUT2D eigenvalue weighted by molar-refractivity contribution is -0.145. The number of benzene rings is 2. The molecule has 4 rings (SSSR count). The fourth-order valence-corrected chi connectivity index (χ4v) is 11.9. The second-order valence-corrected chi connectivity index (χ2v) is 20.0. The molecule has 2 aromatic rings. The Morgan fingerprint density at radius 1 is 0.962 bits per heavy atom. The van der Waals surface area contributed by atoms with E-state index >= 15 is 0 Å². The SMILES string of the molecule is CC[C@]1(C)NC(=O)[C@H](CCCC=CC(=O)[C@@H](C)O[Si](c2ccccc2)(c2ccccc2)C(C)(C)C)NC(=O)[C@H]2CCCN2C(=O)[C@H](C(C)C)NC1=O. The first-order valence-corrected chi connectivity index (χ1v) is 20.7. The lowest BCUT2D eigenvalue weighted by Crippen LogP contribution is -2.68. The van der Waals surface area contributed by atoms with Crippen LogP contribution in [0.15, 0.2) is 72.8 Å². The number of nitrogens with zero attached hydrogens (tertiary/aromatic N) is 1. The van der Waals surface area contributed by atoms with Crippen molar-refractivity contribution in [2.75, 3.05) is 6.54 Å². The zero-order valence-corrected chi connectivity index (χ0v) is 33.2. The Morgan fingerprint density at radius 3 is 2.10 bits per heavy atom. The number of unbranched alkanes of at least 4 members (excludes halogenated alkanes) is 1. The fourth-order valence-electron chi connectivity index (χ4n) is 7.29. The van der Waals surface area contributed by atoms with Crippen LogP contribution in [0.5, 0.6) is 0 Å². The number of hydrogen-bond donors (Lipinski definition) is 3. The van der Waals surface area contributed by atoms with E-state index in [2.05, 4.69) is 61.0 Å². The average molecular weight is 731 g/mol. The standard InChI is InChI=1S/C41H58N4O6Si/c1-9-41(8)39(50)43-35(28(2)3)38(49)45-27-19-25-33(45)37(48)42-32(36(47)44-41)24-17-12-18-26-34(46)29(4)51-52(40(5,6)7,30-20-13-10-14-21-30)31-22-15-11-16-23-31/h10-11,13-16,18,20-23,26,28-29,32-33,35H,9,12,17,19,24-25,27H2,1-8H3,(H,42,48)(H,43,50)(H,44,47)/t29-,32+,33-,35+,41+/m1/s1. The summed E-state index contributed by atoms with van der Waals surface area (Å²) in [7, 11) is -2.93. The van der Waals surface area contributed by atoms with Gasteiger partial charge in [0, 0.05) is 6.54 Å². The van der Waals surface area contributed by atoms with Crippen LogP contribution in [0.1, 0.15) is 93.9 Å². The van der Waals surface area contributed by atoms with Crippen molar-refractivity contribution in [2.24, 2.45) is 5.92 Å². The molecule has 0 aliphatic carbocycles. The highest BCUT2D eigenvalue weighted by Gasteiger charge is 2.51. The lowest BCUT2D eigenvalue weighted by Gasteiger charge is -2.44. The molecule has 10 nitrogen and oxygen atoms in total. The second kappa shape index (κ2) is 17.2. The Hall–Kier alpha value is -4.09. The topological polar surface area (TPSA) is 134 Å². The molecule has 5 atom stereocenters. The predicted octanol–water partition coefficient (Wildman–Crippen LogP) is 4.16. The average Bonchev–Trinajstić information content (AvgIpc) is 3.61. The van der Waals surface area contributed by atoms with Gasteiger partial charge in [0.15, 0.2) is 5.78 Å². The summed E-state index contributed by atoms with van der Waals surface area (Å²) in [4.78, 5) is 69.6. The molecule has 0 bridgehead atoms. The number of carbonyl (C=O) groups is 5. The first-order chi connectivity index (χ1) is 24.6. The Labute approximate surface area is 310 Å². The van der Waals surface area contributed by atoms with Gasteiger partial charge in [-0.1, -0.05) is 108 Å². The molecule has 2 saturated heterocycles. The van der Waals surface area contributed by atoms with Crippen LogP contribution in [-0.2, 0) is 28.4 Å². The Balaban J connectivity index is 1.48. The molecular formula is C41H58N4O6Si. The molecule has 2 heterocycles. The summed E-state index contributed by atoms with van der Waals surface area (Å²) in [6, 6.07) is 17.9. The summed E-state index contributed by atoms with van der Waals surface area (Å²) < 4.78 is 6.96.